The Balaban J connectivity index is 1.60. The van der Waals surface area contributed by atoms with E-state index in [0.717, 1.165) is 36.3 Å². The van der Waals surface area contributed by atoms with Gasteiger partial charge in [0.05, 0.1) is 10.6 Å². The Morgan fingerprint density at radius 1 is 1.00 bits per heavy atom. The maximum absolute atomic E-state index is 12.5. The molecule has 1 N–H and O–H groups in total. The van der Waals surface area contributed by atoms with E-state index in [1.807, 2.05) is 49.9 Å². The molecule has 0 atom stereocenters. The van der Waals surface area contributed by atoms with Crippen LogP contribution in [-0.4, -0.2) is 42.9 Å². The lowest BCUT2D eigenvalue weighted by molar-refractivity contribution is -0.139. The van der Waals surface area contributed by atoms with Gasteiger partial charge in [-0.05, 0) is 42.5 Å². The maximum atomic E-state index is 12.5. The number of nitrogens with zero attached hydrogens (tertiary/aromatic N) is 2. The Hall–Kier alpha value is -2.05. The zero-order valence-corrected chi connectivity index (χ0v) is 19.2. The van der Waals surface area contributed by atoms with Crippen molar-refractivity contribution in [1.82, 2.24) is 4.90 Å². The largest absolute Gasteiger partial charge is 0.368 e. The molecule has 0 radical (unpaired) electrons. The van der Waals surface area contributed by atoms with E-state index < -0.39 is 0 Å². The molecule has 3 rings (SSSR count). The van der Waals surface area contributed by atoms with Crippen LogP contribution in [0.1, 0.15) is 31.1 Å². The summed E-state index contributed by atoms with van der Waals surface area (Å²) in [5.74, 6) is -0.0558. The minimum absolute atomic E-state index is 0.196. The molecule has 1 aliphatic heterocycles. The van der Waals surface area contributed by atoms with Crippen LogP contribution < -0.4 is 10.2 Å². The van der Waals surface area contributed by atoms with Crippen molar-refractivity contribution in [1.29, 1.82) is 0 Å². The Morgan fingerprint density at radius 2 is 1.62 bits per heavy atom. The second-order valence-electron chi connectivity index (χ2n) is 8.15. The second kappa shape index (κ2) is 8.76. The van der Waals surface area contributed by atoms with Crippen LogP contribution in [0.4, 0.5) is 11.4 Å². The summed E-state index contributed by atoms with van der Waals surface area (Å²) < 4.78 is 0.798. The summed E-state index contributed by atoms with van der Waals surface area (Å²) in [7, 11) is 0. The first-order chi connectivity index (χ1) is 13.6. The Morgan fingerprint density at radius 3 is 2.21 bits per heavy atom. The predicted octanol–water partition coefficient (Wildman–Crippen LogP) is 5.05. The molecule has 0 aliphatic carbocycles. The minimum atomic E-state index is -0.348. The van der Waals surface area contributed by atoms with Crippen LogP contribution in [0, 0.1) is 5.41 Å². The van der Waals surface area contributed by atoms with Crippen molar-refractivity contribution in [3.05, 3.63) is 57.5 Å². The van der Waals surface area contributed by atoms with Gasteiger partial charge in [-0.2, -0.15) is 0 Å². The molecule has 2 amide bonds. The van der Waals surface area contributed by atoms with Crippen molar-refractivity contribution < 1.29 is 9.59 Å². The van der Waals surface area contributed by atoms with Gasteiger partial charge in [0.15, 0.2) is 0 Å². The minimum Gasteiger partial charge on any atom is -0.368 e. The first-order valence-corrected chi connectivity index (χ1v) is 10.7. The molecule has 2 aromatic rings. The van der Waals surface area contributed by atoms with Gasteiger partial charge in [0.2, 0.25) is 5.91 Å². The normalized spacial score (nSPS) is 14.7. The van der Waals surface area contributed by atoms with E-state index in [4.69, 9.17) is 11.6 Å². The molecule has 0 saturated carbocycles. The number of hydrogen-bond donors (Lipinski definition) is 1. The summed E-state index contributed by atoms with van der Waals surface area (Å²) in [5.41, 5.74) is 1.85. The lowest BCUT2D eigenvalue weighted by atomic mass is 9.94. The third-order valence-corrected chi connectivity index (χ3v) is 5.69. The molecule has 7 heteroatoms. The van der Waals surface area contributed by atoms with Crippen molar-refractivity contribution in [2.75, 3.05) is 36.4 Å². The molecule has 0 unspecified atom stereocenters. The smallest absolute Gasteiger partial charge is 0.257 e. The van der Waals surface area contributed by atoms with E-state index in [2.05, 4.69) is 26.1 Å². The topological polar surface area (TPSA) is 52.7 Å². The van der Waals surface area contributed by atoms with Crippen molar-refractivity contribution in [2.45, 2.75) is 20.8 Å². The highest BCUT2D eigenvalue weighted by atomic mass is 79.9. The highest BCUT2D eigenvalue weighted by Gasteiger charge is 2.29. The van der Waals surface area contributed by atoms with E-state index in [9.17, 15) is 9.59 Å². The zero-order chi connectivity index (χ0) is 21.2. The number of piperazine rings is 1. The van der Waals surface area contributed by atoms with Gasteiger partial charge in [-0.1, -0.05) is 48.3 Å². The molecule has 1 heterocycles. The van der Waals surface area contributed by atoms with Crippen LogP contribution in [0.15, 0.2) is 46.9 Å². The van der Waals surface area contributed by atoms with Crippen molar-refractivity contribution in [3.63, 3.8) is 0 Å². The van der Waals surface area contributed by atoms with E-state index in [-0.39, 0.29) is 17.2 Å². The summed E-state index contributed by atoms with van der Waals surface area (Å²) in [6.07, 6.45) is 0. The third kappa shape index (κ3) is 5.31. The van der Waals surface area contributed by atoms with Crippen molar-refractivity contribution in [2.24, 2.45) is 5.41 Å². The van der Waals surface area contributed by atoms with Crippen LogP contribution in [0.3, 0.4) is 0 Å². The predicted molar refractivity (Wildman–Crippen MR) is 122 cm³/mol. The first kappa shape index (κ1) is 21.7. The highest BCUT2D eigenvalue weighted by Crippen LogP contribution is 2.25. The summed E-state index contributed by atoms with van der Waals surface area (Å²) >= 11 is 9.49. The molecule has 0 spiro atoms. The van der Waals surface area contributed by atoms with E-state index in [0.29, 0.717) is 16.3 Å². The Kier molecular flexibility index (Phi) is 6.54. The van der Waals surface area contributed by atoms with Crippen molar-refractivity contribution >= 4 is 50.7 Å². The van der Waals surface area contributed by atoms with Gasteiger partial charge in [-0.3, -0.25) is 9.59 Å². The molecule has 1 fully saturated rings. The quantitative estimate of drug-likeness (QED) is 0.672. The highest BCUT2D eigenvalue weighted by molar-refractivity contribution is 9.10. The summed E-state index contributed by atoms with van der Waals surface area (Å²) in [6, 6.07) is 12.9. The molecular formula is C22H25BrClN3O2. The van der Waals surface area contributed by atoms with Crippen LogP contribution in [-0.2, 0) is 4.79 Å². The number of nitrogens with one attached hydrogen (secondary N) is 1. The number of amides is 2. The number of benzene rings is 2. The van der Waals surface area contributed by atoms with E-state index >= 15 is 0 Å². The van der Waals surface area contributed by atoms with E-state index in [1.165, 1.54) is 0 Å². The molecule has 1 saturated heterocycles. The molecule has 5 nitrogen and oxygen atoms in total. The Labute approximate surface area is 185 Å². The van der Waals surface area contributed by atoms with Gasteiger partial charge in [0.1, 0.15) is 0 Å². The van der Waals surface area contributed by atoms with Crippen LogP contribution >= 0.6 is 27.5 Å². The van der Waals surface area contributed by atoms with Crippen LogP contribution in [0.2, 0.25) is 5.02 Å². The van der Waals surface area contributed by atoms with Gasteiger partial charge >= 0.3 is 0 Å². The second-order valence-corrected chi connectivity index (χ2v) is 9.48. The lowest BCUT2D eigenvalue weighted by Gasteiger charge is -2.38. The molecule has 1 aliphatic rings. The standard InChI is InChI=1S/C22H25BrClN3O2/c1-22(2,3)21(29)27-12-10-26(11-13-27)17-7-5-16(6-8-17)25-20(28)18-14-15(23)4-9-19(18)24/h4-9,14H,10-13H2,1-3H3,(H,25,28). The summed E-state index contributed by atoms with van der Waals surface area (Å²) in [6.45, 7) is 8.89. The fourth-order valence-corrected chi connectivity index (χ4v) is 3.83. The van der Waals surface area contributed by atoms with Crippen LogP contribution in [0.25, 0.3) is 0 Å². The third-order valence-electron chi connectivity index (χ3n) is 4.87. The fraction of sp³-hybridized carbons (Fsp3) is 0.364. The molecule has 2 aromatic carbocycles. The lowest BCUT2D eigenvalue weighted by Crippen LogP contribution is -2.51. The maximum Gasteiger partial charge on any atom is 0.257 e. The van der Waals surface area contributed by atoms with Gasteiger partial charge in [-0.25, -0.2) is 0 Å². The molecular weight excluding hydrogens is 454 g/mol. The van der Waals surface area contributed by atoms with Gasteiger partial charge in [0.25, 0.3) is 5.91 Å². The SMILES string of the molecule is CC(C)(C)C(=O)N1CCN(c2ccc(NC(=O)c3cc(Br)ccc3Cl)cc2)CC1. The van der Waals surface area contributed by atoms with Gasteiger partial charge in [-0.15, -0.1) is 0 Å². The molecule has 0 aromatic heterocycles. The molecule has 0 bridgehead atoms. The summed E-state index contributed by atoms with van der Waals surface area (Å²) in [4.78, 5) is 29.1. The number of carbonyl (C=O) groups is 2. The Bertz CT molecular complexity index is 901. The number of rotatable bonds is 3. The number of halogens is 2. The first-order valence-electron chi connectivity index (χ1n) is 9.56. The fourth-order valence-electron chi connectivity index (χ4n) is 3.27. The number of anilines is 2. The van der Waals surface area contributed by atoms with Gasteiger partial charge in [0, 0.05) is 47.4 Å². The zero-order valence-electron chi connectivity index (χ0n) is 16.8. The monoisotopic (exact) mass is 477 g/mol. The van der Waals surface area contributed by atoms with E-state index in [1.54, 1.807) is 18.2 Å². The average molecular weight is 479 g/mol. The molecule has 29 heavy (non-hydrogen) atoms. The van der Waals surface area contributed by atoms with Crippen molar-refractivity contribution in [3.8, 4) is 0 Å². The average Bonchev–Trinajstić information content (AvgIpc) is 2.69. The molecule has 154 valence electrons. The number of hydrogen-bond acceptors (Lipinski definition) is 3. The van der Waals surface area contributed by atoms with Crippen LogP contribution in [0.5, 0.6) is 0 Å². The number of carbonyl (C=O) groups excluding carboxylic acids is 2. The van der Waals surface area contributed by atoms with Gasteiger partial charge < -0.3 is 15.1 Å². The summed E-state index contributed by atoms with van der Waals surface area (Å²) in [5, 5.41) is 3.29.